The highest BCUT2D eigenvalue weighted by Gasteiger charge is 2.55. The number of carbonyl (C=O) groups excluding carboxylic acids is 1. The van der Waals surface area contributed by atoms with Crippen LogP contribution >= 0.6 is 27.5 Å². The zero-order valence-corrected chi connectivity index (χ0v) is 16.6. The van der Waals surface area contributed by atoms with Crippen LogP contribution in [-0.4, -0.2) is 27.4 Å². The summed E-state index contributed by atoms with van der Waals surface area (Å²) in [7, 11) is 1.47. The molecule has 1 aliphatic carbocycles. The molecule has 0 unspecified atom stereocenters. The van der Waals surface area contributed by atoms with E-state index < -0.39 is 5.41 Å². The normalized spacial score (nSPS) is 27.1. The summed E-state index contributed by atoms with van der Waals surface area (Å²) in [4.78, 5) is 21.4. The molecule has 5 nitrogen and oxygen atoms in total. The molecule has 0 spiro atoms. The minimum absolute atomic E-state index is 0.124. The van der Waals surface area contributed by atoms with Gasteiger partial charge in [0.25, 0.3) is 0 Å². The van der Waals surface area contributed by atoms with Gasteiger partial charge in [-0.2, -0.15) is 0 Å². The quantitative estimate of drug-likeness (QED) is 0.698. The molecular weight excluding hydrogens is 394 g/mol. The summed E-state index contributed by atoms with van der Waals surface area (Å²) in [5.41, 5.74) is 0.0481. The lowest BCUT2D eigenvalue weighted by molar-refractivity contribution is -0.155. The highest BCUT2D eigenvalue weighted by molar-refractivity contribution is 9.10. The number of hydrogen-bond acceptors (Lipinski definition) is 4. The molecule has 130 valence electrons. The number of ether oxygens (including phenoxy) is 1. The van der Waals surface area contributed by atoms with Crippen molar-refractivity contribution >= 4 is 39.0 Å². The van der Waals surface area contributed by atoms with Crippen LogP contribution < -0.4 is 0 Å². The molecule has 0 aromatic carbocycles. The standard InChI is InChI=1S/C17H21BrClN3O2/c1-10(2)17(15(23)24-4)6-5-16(3,9-17)14-21-12(18)11-13(19)20-7-8-22(11)14/h7-8,10H,5-6,9H2,1-4H3/t16-,17-/m0/s1. The lowest BCUT2D eigenvalue weighted by Gasteiger charge is -2.32. The summed E-state index contributed by atoms with van der Waals surface area (Å²) in [6.07, 6.45) is 5.90. The van der Waals surface area contributed by atoms with Crippen LogP contribution in [0.1, 0.15) is 45.9 Å². The van der Waals surface area contributed by atoms with Gasteiger partial charge in [0.2, 0.25) is 0 Å². The molecule has 0 N–H and O–H groups in total. The Hall–Kier alpha value is -1.14. The second-order valence-electron chi connectivity index (χ2n) is 7.20. The molecule has 0 amide bonds. The van der Waals surface area contributed by atoms with Gasteiger partial charge in [-0.15, -0.1) is 0 Å². The van der Waals surface area contributed by atoms with Gasteiger partial charge < -0.3 is 4.74 Å². The lowest BCUT2D eigenvalue weighted by atomic mass is 9.72. The van der Waals surface area contributed by atoms with Gasteiger partial charge in [0, 0.05) is 17.8 Å². The third-order valence-electron chi connectivity index (χ3n) is 5.53. The van der Waals surface area contributed by atoms with Crippen LogP contribution in [0.2, 0.25) is 5.15 Å². The van der Waals surface area contributed by atoms with E-state index in [1.54, 1.807) is 6.20 Å². The second-order valence-corrected chi connectivity index (χ2v) is 8.31. The summed E-state index contributed by atoms with van der Waals surface area (Å²) >= 11 is 9.72. The van der Waals surface area contributed by atoms with Crippen molar-refractivity contribution in [2.45, 2.75) is 45.4 Å². The molecule has 1 aliphatic rings. The summed E-state index contributed by atoms with van der Waals surface area (Å²) in [5.74, 6) is 0.979. The molecular formula is C17H21BrClN3O2. The van der Waals surface area contributed by atoms with E-state index in [9.17, 15) is 4.79 Å². The Morgan fingerprint density at radius 1 is 1.46 bits per heavy atom. The molecule has 2 atom stereocenters. The number of nitrogens with zero attached hydrogens (tertiary/aromatic N) is 3. The monoisotopic (exact) mass is 413 g/mol. The van der Waals surface area contributed by atoms with Crippen molar-refractivity contribution < 1.29 is 9.53 Å². The van der Waals surface area contributed by atoms with Crippen molar-refractivity contribution in [2.24, 2.45) is 11.3 Å². The summed E-state index contributed by atoms with van der Waals surface area (Å²) in [6, 6.07) is 0. The maximum atomic E-state index is 12.5. The Morgan fingerprint density at radius 2 is 2.17 bits per heavy atom. The number of halogens is 2. The minimum Gasteiger partial charge on any atom is -0.469 e. The Labute approximate surface area is 154 Å². The van der Waals surface area contributed by atoms with Crippen molar-refractivity contribution in [3.63, 3.8) is 0 Å². The van der Waals surface area contributed by atoms with Crippen molar-refractivity contribution in [2.75, 3.05) is 7.11 Å². The van der Waals surface area contributed by atoms with Gasteiger partial charge in [-0.25, -0.2) is 9.97 Å². The first-order valence-electron chi connectivity index (χ1n) is 8.02. The van der Waals surface area contributed by atoms with E-state index in [1.165, 1.54) is 7.11 Å². The molecule has 3 rings (SSSR count). The average Bonchev–Trinajstić information content (AvgIpc) is 3.08. The first-order chi connectivity index (χ1) is 11.2. The van der Waals surface area contributed by atoms with Gasteiger partial charge in [0.05, 0.1) is 12.5 Å². The average molecular weight is 415 g/mol. The fraction of sp³-hybridized carbons (Fsp3) is 0.588. The van der Waals surface area contributed by atoms with Crippen LogP contribution in [0.5, 0.6) is 0 Å². The van der Waals surface area contributed by atoms with E-state index in [0.717, 1.165) is 24.2 Å². The Balaban J connectivity index is 2.11. The summed E-state index contributed by atoms with van der Waals surface area (Å²) in [6.45, 7) is 6.34. The molecule has 0 saturated heterocycles. The van der Waals surface area contributed by atoms with Gasteiger partial charge >= 0.3 is 5.97 Å². The van der Waals surface area contributed by atoms with Crippen molar-refractivity contribution in [3.05, 3.63) is 28.0 Å². The highest BCUT2D eigenvalue weighted by Crippen LogP contribution is 2.55. The molecule has 0 bridgehead atoms. The van der Waals surface area contributed by atoms with Crippen LogP contribution in [0.25, 0.3) is 5.52 Å². The number of aromatic nitrogens is 3. The predicted molar refractivity (Wildman–Crippen MR) is 96.2 cm³/mol. The molecule has 2 heterocycles. The van der Waals surface area contributed by atoms with Crippen LogP contribution in [0, 0.1) is 11.3 Å². The summed E-state index contributed by atoms with van der Waals surface area (Å²) in [5, 5.41) is 0.410. The number of carbonyl (C=O) groups is 1. The molecule has 1 saturated carbocycles. The highest BCUT2D eigenvalue weighted by atomic mass is 79.9. The summed E-state index contributed by atoms with van der Waals surface area (Å²) < 4.78 is 7.79. The number of fused-ring (bicyclic) bond motifs is 1. The SMILES string of the molecule is COC(=O)[C@@]1(C(C)C)CC[C@](C)(c2nc(Br)c3c(Cl)nccn23)C1. The molecule has 0 radical (unpaired) electrons. The Bertz CT molecular complexity index is 806. The molecule has 0 aliphatic heterocycles. The molecule has 2 aromatic rings. The topological polar surface area (TPSA) is 56.5 Å². The van der Waals surface area contributed by atoms with Crippen LogP contribution in [0.3, 0.4) is 0 Å². The van der Waals surface area contributed by atoms with Gasteiger partial charge in [-0.3, -0.25) is 9.20 Å². The first kappa shape index (κ1) is 17.7. The fourth-order valence-electron chi connectivity index (χ4n) is 4.06. The van der Waals surface area contributed by atoms with Gasteiger partial charge in [0.1, 0.15) is 15.9 Å². The number of hydrogen-bond donors (Lipinski definition) is 0. The van der Waals surface area contributed by atoms with Gasteiger partial charge in [-0.1, -0.05) is 32.4 Å². The number of methoxy groups -OCH3 is 1. The van der Waals surface area contributed by atoms with E-state index in [1.807, 2.05) is 10.6 Å². The van der Waals surface area contributed by atoms with E-state index in [0.29, 0.717) is 16.2 Å². The molecule has 1 fully saturated rings. The van der Waals surface area contributed by atoms with E-state index in [2.05, 4.69) is 41.7 Å². The number of rotatable bonds is 3. The van der Waals surface area contributed by atoms with E-state index >= 15 is 0 Å². The van der Waals surface area contributed by atoms with Crippen LogP contribution in [0.15, 0.2) is 17.0 Å². The van der Waals surface area contributed by atoms with E-state index in [-0.39, 0.29) is 17.3 Å². The van der Waals surface area contributed by atoms with Gasteiger partial charge in [0.15, 0.2) is 5.15 Å². The second kappa shape index (κ2) is 5.99. The first-order valence-corrected chi connectivity index (χ1v) is 9.19. The van der Waals surface area contributed by atoms with Crippen molar-refractivity contribution in [1.82, 2.24) is 14.4 Å². The maximum absolute atomic E-state index is 12.5. The fourth-order valence-corrected chi connectivity index (χ4v) is 4.95. The third-order valence-corrected chi connectivity index (χ3v) is 6.36. The zero-order chi connectivity index (χ0) is 17.7. The number of esters is 1. The smallest absolute Gasteiger partial charge is 0.312 e. The lowest BCUT2D eigenvalue weighted by Crippen LogP contribution is -2.37. The molecule has 2 aromatic heterocycles. The third kappa shape index (κ3) is 2.46. The van der Waals surface area contributed by atoms with Crippen molar-refractivity contribution in [1.29, 1.82) is 0 Å². The molecule has 24 heavy (non-hydrogen) atoms. The zero-order valence-electron chi connectivity index (χ0n) is 14.3. The largest absolute Gasteiger partial charge is 0.469 e. The van der Waals surface area contributed by atoms with Crippen LogP contribution in [0.4, 0.5) is 0 Å². The molecule has 7 heteroatoms. The van der Waals surface area contributed by atoms with Crippen molar-refractivity contribution in [3.8, 4) is 0 Å². The predicted octanol–water partition coefficient (Wildman–Crippen LogP) is 4.40. The maximum Gasteiger partial charge on any atom is 0.312 e. The van der Waals surface area contributed by atoms with Crippen LogP contribution in [-0.2, 0) is 14.9 Å². The minimum atomic E-state index is -0.474. The van der Waals surface area contributed by atoms with E-state index in [4.69, 9.17) is 21.3 Å². The number of imidazole rings is 1. The van der Waals surface area contributed by atoms with Gasteiger partial charge in [-0.05, 0) is 41.1 Å². The Kier molecular flexibility index (Phi) is 4.41. The Morgan fingerprint density at radius 3 is 2.79 bits per heavy atom.